The van der Waals surface area contributed by atoms with Gasteiger partial charge in [-0.3, -0.25) is 4.79 Å². The number of hydrogen-bond acceptors (Lipinski definition) is 4. The van der Waals surface area contributed by atoms with Gasteiger partial charge in [-0.25, -0.2) is 4.79 Å². The summed E-state index contributed by atoms with van der Waals surface area (Å²) in [6.45, 7) is 3.14. The summed E-state index contributed by atoms with van der Waals surface area (Å²) in [4.78, 5) is 29.7. The molecule has 1 aromatic heterocycles. The number of benzene rings is 1. The van der Waals surface area contributed by atoms with Gasteiger partial charge in [0, 0.05) is 60.6 Å². The normalized spacial score (nSPS) is 12.2. The first-order chi connectivity index (χ1) is 13.6. The number of para-hydroxylation sites is 1. The number of aromatic amines is 1. The second-order valence-corrected chi connectivity index (χ2v) is 6.86. The van der Waals surface area contributed by atoms with E-state index in [1.54, 1.807) is 13.1 Å². The van der Waals surface area contributed by atoms with Crippen LogP contribution in [0.5, 0.6) is 0 Å². The van der Waals surface area contributed by atoms with Crippen molar-refractivity contribution in [2.45, 2.75) is 19.4 Å². The number of H-pyrrole nitrogens is 1. The molecule has 0 bridgehead atoms. The van der Waals surface area contributed by atoms with Crippen molar-refractivity contribution >= 4 is 46.0 Å². The predicted molar refractivity (Wildman–Crippen MR) is 113 cm³/mol. The fourth-order valence-electron chi connectivity index (χ4n) is 2.83. The van der Waals surface area contributed by atoms with Gasteiger partial charge < -0.3 is 19.9 Å². The molecule has 0 aliphatic rings. The van der Waals surface area contributed by atoms with E-state index in [2.05, 4.69) is 10.3 Å². The Morgan fingerprint density at radius 1 is 1.25 bits per heavy atom. The molecule has 6 nitrogen and oxygen atoms in total. The van der Waals surface area contributed by atoms with Gasteiger partial charge in [0.25, 0.3) is 0 Å². The maximum atomic E-state index is 12.4. The second kappa shape index (κ2) is 11.6. The van der Waals surface area contributed by atoms with Crippen molar-refractivity contribution < 1.29 is 14.3 Å². The molecule has 0 radical (unpaired) electrons. The summed E-state index contributed by atoms with van der Waals surface area (Å²) in [6.07, 6.45) is 5.19. The number of halogens is 2. The van der Waals surface area contributed by atoms with E-state index in [9.17, 15) is 9.59 Å². The van der Waals surface area contributed by atoms with E-state index in [-0.39, 0.29) is 12.5 Å². The van der Waals surface area contributed by atoms with Gasteiger partial charge in [0.05, 0.1) is 6.61 Å². The Morgan fingerprint density at radius 3 is 2.64 bits per heavy atom. The molecule has 1 heterocycles. The zero-order chi connectivity index (χ0) is 20.4. The zero-order valence-electron chi connectivity index (χ0n) is 15.8. The molecule has 0 saturated carbocycles. The summed E-state index contributed by atoms with van der Waals surface area (Å²) >= 11 is 11.5. The van der Waals surface area contributed by atoms with Crippen LogP contribution in [0.2, 0.25) is 0 Å². The molecule has 1 atom stereocenters. The third kappa shape index (κ3) is 6.46. The Kier molecular flexibility index (Phi) is 9.17. The smallest absolute Gasteiger partial charge is 0.328 e. The van der Waals surface area contributed by atoms with Crippen LogP contribution in [-0.4, -0.2) is 59.3 Å². The highest BCUT2D eigenvalue weighted by Crippen LogP contribution is 2.19. The van der Waals surface area contributed by atoms with E-state index < -0.39 is 12.0 Å². The molecule has 2 aromatic rings. The van der Waals surface area contributed by atoms with Gasteiger partial charge in [0.2, 0.25) is 5.91 Å². The van der Waals surface area contributed by atoms with Crippen molar-refractivity contribution in [1.82, 2.24) is 15.2 Å². The molecule has 0 aliphatic heterocycles. The van der Waals surface area contributed by atoms with Crippen LogP contribution in [0.25, 0.3) is 10.9 Å². The number of nitrogens with zero attached hydrogens (tertiary/aromatic N) is 1. The topological polar surface area (TPSA) is 74.4 Å². The molecule has 0 aliphatic carbocycles. The summed E-state index contributed by atoms with van der Waals surface area (Å²) < 4.78 is 5.14. The Hall–Kier alpha value is -2.18. The van der Waals surface area contributed by atoms with E-state index in [0.29, 0.717) is 31.3 Å². The number of ether oxygens (including phenoxy) is 1. The summed E-state index contributed by atoms with van der Waals surface area (Å²) in [7, 11) is 0. The van der Waals surface area contributed by atoms with Gasteiger partial charge in [0.1, 0.15) is 6.04 Å². The van der Waals surface area contributed by atoms with Gasteiger partial charge >= 0.3 is 5.97 Å². The van der Waals surface area contributed by atoms with Crippen LogP contribution in [0.15, 0.2) is 42.7 Å². The summed E-state index contributed by atoms with van der Waals surface area (Å²) in [6, 6.07) is 7.02. The van der Waals surface area contributed by atoms with Gasteiger partial charge in [-0.1, -0.05) is 18.2 Å². The third-order valence-electron chi connectivity index (χ3n) is 4.17. The zero-order valence-corrected chi connectivity index (χ0v) is 17.3. The molecule has 0 unspecified atom stereocenters. The maximum absolute atomic E-state index is 12.4. The average molecular weight is 426 g/mol. The number of amides is 1. The predicted octanol–water partition coefficient (Wildman–Crippen LogP) is 3.05. The number of esters is 1. The van der Waals surface area contributed by atoms with Crippen molar-refractivity contribution in [2.24, 2.45) is 0 Å². The van der Waals surface area contributed by atoms with E-state index in [0.717, 1.165) is 16.5 Å². The summed E-state index contributed by atoms with van der Waals surface area (Å²) in [5.74, 6) is 0.00364. The first-order valence-electron chi connectivity index (χ1n) is 9.15. The molecule has 1 amide bonds. The maximum Gasteiger partial charge on any atom is 0.328 e. The number of carbonyl (C=O) groups excluding carboxylic acids is 2. The van der Waals surface area contributed by atoms with Gasteiger partial charge in [-0.05, 0) is 18.6 Å². The van der Waals surface area contributed by atoms with Crippen LogP contribution in [0.4, 0.5) is 0 Å². The van der Waals surface area contributed by atoms with Gasteiger partial charge in [-0.15, -0.1) is 23.2 Å². The van der Waals surface area contributed by atoms with Crippen LogP contribution >= 0.6 is 23.2 Å². The number of carbonyl (C=O) groups is 2. The fourth-order valence-corrected chi connectivity index (χ4v) is 3.26. The highest BCUT2D eigenvalue weighted by molar-refractivity contribution is 6.18. The molecule has 2 rings (SSSR count). The molecule has 0 fully saturated rings. The van der Waals surface area contributed by atoms with Gasteiger partial charge in [0.15, 0.2) is 0 Å². The van der Waals surface area contributed by atoms with E-state index in [4.69, 9.17) is 27.9 Å². The number of hydrogen-bond donors (Lipinski definition) is 2. The largest absolute Gasteiger partial charge is 0.464 e. The Labute approximate surface area is 174 Å². The minimum Gasteiger partial charge on any atom is -0.464 e. The van der Waals surface area contributed by atoms with Crippen LogP contribution in [-0.2, 0) is 20.7 Å². The number of aromatic nitrogens is 1. The molecular weight excluding hydrogens is 401 g/mol. The van der Waals surface area contributed by atoms with Crippen molar-refractivity contribution in [3.63, 3.8) is 0 Å². The minimum atomic E-state index is -0.786. The Balaban J connectivity index is 2.10. The van der Waals surface area contributed by atoms with Crippen LogP contribution in [0.3, 0.4) is 0 Å². The molecular formula is C20H25Cl2N3O3. The van der Waals surface area contributed by atoms with E-state index in [1.807, 2.05) is 35.4 Å². The first kappa shape index (κ1) is 22.1. The quantitative estimate of drug-likeness (QED) is 0.329. The molecule has 152 valence electrons. The molecule has 8 heteroatoms. The number of fused-ring (bicyclic) bond motifs is 1. The molecule has 2 N–H and O–H groups in total. The molecule has 28 heavy (non-hydrogen) atoms. The number of nitrogens with one attached hydrogen (secondary N) is 2. The molecule has 0 spiro atoms. The summed E-state index contributed by atoms with van der Waals surface area (Å²) in [5, 5.41) is 3.75. The standard InChI is InChI=1S/C20H25Cl2N3O3/c1-2-28-20(27)18(13-15-14-23-17-6-4-3-5-16(15)17)24-19(26)7-10-25(11-8-21)12-9-22/h3-7,10,14,18,23H,2,8-9,11-13H2,1H3,(H,24,26)/b10-7-/t18-/m0/s1. The highest BCUT2D eigenvalue weighted by Gasteiger charge is 2.23. The highest BCUT2D eigenvalue weighted by atomic mass is 35.5. The monoisotopic (exact) mass is 425 g/mol. The lowest BCUT2D eigenvalue weighted by atomic mass is 10.0. The Morgan fingerprint density at radius 2 is 1.96 bits per heavy atom. The van der Waals surface area contributed by atoms with Crippen molar-refractivity contribution in [2.75, 3.05) is 31.5 Å². The van der Waals surface area contributed by atoms with Crippen LogP contribution in [0, 0.1) is 0 Å². The Bertz CT molecular complexity index is 801. The van der Waals surface area contributed by atoms with E-state index in [1.165, 1.54) is 6.08 Å². The lowest BCUT2D eigenvalue weighted by molar-refractivity contribution is -0.146. The van der Waals surface area contributed by atoms with E-state index >= 15 is 0 Å². The van der Waals surface area contributed by atoms with Crippen molar-refractivity contribution in [3.8, 4) is 0 Å². The first-order valence-corrected chi connectivity index (χ1v) is 10.2. The number of rotatable bonds is 11. The fraction of sp³-hybridized carbons (Fsp3) is 0.400. The van der Waals surface area contributed by atoms with Crippen molar-refractivity contribution in [3.05, 3.63) is 48.3 Å². The SMILES string of the molecule is CCOC(=O)[C@H](Cc1c[nH]c2ccccc12)NC(=O)/C=C\N(CCCl)CCCl. The van der Waals surface area contributed by atoms with Crippen LogP contribution in [0.1, 0.15) is 12.5 Å². The lowest BCUT2D eigenvalue weighted by Gasteiger charge is -2.18. The number of alkyl halides is 2. The summed E-state index contributed by atoms with van der Waals surface area (Å²) in [5.41, 5.74) is 1.91. The lowest BCUT2D eigenvalue weighted by Crippen LogP contribution is -2.42. The molecule has 1 aromatic carbocycles. The van der Waals surface area contributed by atoms with Crippen LogP contribution < -0.4 is 5.32 Å². The second-order valence-electron chi connectivity index (χ2n) is 6.11. The minimum absolute atomic E-state index is 0.244. The van der Waals surface area contributed by atoms with Crippen molar-refractivity contribution in [1.29, 1.82) is 0 Å². The molecule has 0 saturated heterocycles. The average Bonchev–Trinajstić information content (AvgIpc) is 3.09. The van der Waals surface area contributed by atoms with Gasteiger partial charge in [-0.2, -0.15) is 0 Å². The third-order valence-corrected chi connectivity index (χ3v) is 4.50.